The van der Waals surface area contributed by atoms with Crippen molar-refractivity contribution in [1.82, 2.24) is 20.0 Å². The quantitative estimate of drug-likeness (QED) is 0.474. The lowest BCUT2D eigenvalue weighted by Crippen LogP contribution is -2.30. The Bertz CT molecular complexity index is 1230. The van der Waals surface area contributed by atoms with Crippen LogP contribution in [0.25, 0.3) is 11.8 Å². The van der Waals surface area contributed by atoms with Gasteiger partial charge in [0.25, 0.3) is 11.5 Å². The molecule has 8 heteroatoms. The standard InChI is InChI=1S/C23H21FN4O3/c1-2-7-19-18(21(29)28(26-19)17-10-4-3-5-11-17)13-20-22(30)27(23(31)25-20)14-15-8-6-9-16(24)12-15/h3-6,8-13,26H,2,7,14H2,1H3,(H,25,31). The minimum atomic E-state index is -0.614. The van der Waals surface area contributed by atoms with Crippen molar-refractivity contribution >= 4 is 18.0 Å². The fraction of sp³-hybridized carbons (Fsp3) is 0.174. The van der Waals surface area contributed by atoms with E-state index in [0.29, 0.717) is 28.9 Å². The maximum Gasteiger partial charge on any atom is 0.329 e. The Morgan fingerprint density at radius 3 is 2.52 bits per heavy atom. The van der Waals surface area contributed by atoms with Crippen LogP contribution in [-0.2, 0) is 17.8 Å². The SMILES string of the molecule is CCCc1[nH]n(-c2ccccc2)c(=O)c1C=C1NC(=O)N(Cc2cccc(F)c2)C1=O. The van der Waals surface area contributed by atoms with E-state index in [1.165, 1.54) is 29.0 Å². The molecule has 2 N–H and O–H groups in total. The molecule has 0 unspecified atom stereocenters. The molecule has 0 radical (unpaired) electrons. The van der Waals surface area contributed by atoms with Gasteiger partial charge in [0, 0.05) is 5.69 Å². The van der Waals surface area contributed by atoms with Gasteiger partial charge in [-0.05, 0) is 42.3 Å². The van der Waals surface area contributed by atoms with Gasteiger partial charge in [0.1, 0.15) is 11.5 Å². The molecule has 1 fully saturated rings. The summed E-state index contributed by atoms with van der Waals surface area (Å²) in [6, 6.07) is 14.2. The molecule has 158 valence electrons. The molecular formula is C23H21FN4O3. The number of benzene rings is 2. The van der Waals surface area contributed by atoms with Gasteiger partial charge in [0.2, 0.25) is 0 Å². The number of aromatic amines is 1. The first-order valence-corrected chi connectivity index (χ1v) is 9.96. The van der Waals surface area contributed by atoms with E-state index >= 15 is 0 Å². The minimum absolute atomic E-state index is 0.00932. The van der Waals surface area contributed by atoms with E-state index in [9.17, 15) is 18.8 Å². The van der Waals surface area contributed by atoms with Crippen LogP contribution in [-0.4, -0.2) is 26.6 Å². The number of urea groups is 1. The molecule has 0 saturated carbocycles. The number of para-hydroxylation sites is 1. The average Bonchev–Trinajstić information content (AvgIpc) is 3.20. The molecule has 2 aromatic carbocycles. The highest BCUT2D eigenvalue weighted by atomic mass is 19.1. The van der Waals surface area contributed by atoms with E-state index in [0.717, 1.165) is 11.3 Å². The van der Waals surface area contributed by atoms with Crippen molar-refractivity contribution in [3.8, 4) is 5.69 Å². The topological polar surface area (TPSA) is 87.2 Å². The summed E-state index contributed by atoms with van der Waals surface area (Å²) in [5.41, 5.74) is 1.85. The number of rotatable bonds is 6. The summed E-state index contributed by atoms with van der Waals surface area (Å²) in [6.45, 7) is 1.92. The molecule has 7 nitrogen and oxygen atoms in total. The number of hydrogen-bond donors (Lipinski definition) is 2. The van der Waals surface area contributed by atoms with E-state index in [4.69, 9.17) is 0 Å². The second-order valence-corrected chi connectivity index (χ2v) is 7.24. The zero-order valence-electron chi connectivity index (χ0n) is 16.9. The lowest BCUT2D eigenvalue weighted by atomic mass is 10.1. The number of carbonyl (C=O) groups excluding carboxylic acids is 2. The van der Waals surface area contributed by atoms with Crippen molar-refractivity contribution in [3.63, 3.8) is 0 Å². The Labute approximate surface area is 177 Å². The summed E-state index contributed by atoms with van der Waals surface area (Å²) in [6.07, 6.45) is 2.80. The molecule has 0 spiro atoms. The number of halogens is 1. The van der Waals surface area contributed by atoms with Crippen LogP contribution in [0.15, 0.2) is 65.1 Å². The number of aromatic nitrogens is 2. The Morgan fingerprint density at radius 2 is 1.81 bits per heavy atom. The first kappa shape index (κ1) is 20.3. The Hall–Kier alpha value is -3.94. The highest BCUT2D eigenvalue weighted by Gasteiger charge is 2.34. The van der Waals surface area contributed by atoms with Crippen LogP contribution in [0.5, 0.6) is 0 Å². The van der Waals surface area contributed by atoms with Crippen LogP contribution >= 0.6 is 0 Å². The van der Waals surface area contributed by atoms with Gasteiger partial charge < -0.3 is 5.32 Å². The zero-order valence-corrected chi connectivity index (χ0v) is 16.9. The van der Waals surface area contributed by atoms with Gasteiger partial charge in [-0.1, -0.05) is 43.7 Å². The number of nitrogens with one attached hydrogen (secondary N) is 2. The van der Waals surface area contributed by atoms with Crippen LogP contribution in [0.2, 0.25) is 0 Å². The van der Waals surface area contributed by atoms with Crippen LogP contribution in [0.3, 0.4) is 0 Å². The number of H-pyrrole nitrogens is 1. The highest BCUT2D eigenvalue weighted by molar-refractivity contribution is 6.13. The summed E-state index contributed by atoms with van der Waals surface area (Å²) in [7, 11) is 0. The molecule has 3 aromatic rings. The second-order valence-electron chi connectivity index (χ2n) is 7.24. The van der Waals surface area contributed by atoms with Crippen molar-refractivity contribution in [2.45, 2.75) is 26.3 Å². The van der Waals surface area contributed by atoms with Crippen LogP contribution in [0.1, 0.15) is 30.2 Å². The third-order valence-corrected chi connectivity index (χ3v) is 5.00. The van der Waals surface area contributed by atoms with Crippen LogP contribution < -0.4 is 10.9 Å². The van der Waals surface area contributed by atoms with E-state index in [1.807, 2.05) is 25.1 Å². The van der Waals surface area contributed by atoms with Crippen molar-refractivity contribution in [1.29, 1.82) is 0 Å². The van der Waals surface area contributed by atoms with Crippen molar-refractivity contribution in [3.05, 3.63) is 93.3 Å². The molecule has 2 heterocycles. The molecule has 1 saturated heterocycles. The number of carbonyl (C=O) groups is 2. The number of hydrogen-bond acceptors (Lipinski definition) is 3. The van der Waals surface area contributed by atoms with Gasteiger partial charge in [-0.3, -0.25) is 19.6 Å². The molecule has 0 atom stereocenters. The minimum Gasteiger partial charge on any atom is -0.303 e. The predicted octanol–water partition coefficient (Wildman–Crippen LogP) is 3.35. The molecular weight excluding hydrogens is 399 g/mol. The molecule has 1 aliphatic heterocycles. The number of nitrogens with zero attached hydrogens (tertiary/aromatic N) is 2. The normalized spacial score (nSPS) is 15.0. The van der Waals surface area contributed by atoms with Crippen molar-refractivity contribution in [2.24, 2.45) is 0 Å². The maximum absolute atomic E-state index is 13.4. The third-order valence-electron chi connectivity index (χ3n) is 5.00. The van der Waals surface area contributed by atoms with E-state index in [1.54, 1.807) is 18.2 Å². The van der Waals surface area contributed by atoms with E-state index in [-0.39, 0.29) is 17.8 Å². The highest BCUT2D eigenvalue weighted by Crippen LogP contribution is 2.19. The summed E-state index contributed by atoms with van der Waals surface area (Å²) in [5.74, 6) is -1.01. The average molecular weight is 420 g/mol. The van der Waals surface area contributed by atoms with Gasteiger partial charge in [-0.25, -0.2) is 13.9 Å². The predicted molar refractivity (Wildman–Crippen MR) is 114 cm³/mol. The van der Waals surface area contributed by atoms with Crippen molar-refractivity contribution < 1.29 is 14.0 Å². The summed E-state index contributed by atoms with van der Waals surface area (Å²) in [4.78, 5) is 39.2. The monoisotopic (exact) mass is 420 g/mol. The molecule has 3 amide bonds. The zero-order chi connectivity index (χ0) is 22.0. The van der Waals surface area contributed by atoms with E-state index < -0.39 is 17.8 Å². The first-order chi connectivity index (χ1) is 15.0. The summed E-state index contributed by atoms with van der Waals surface area (Å²) in [5, 5.41) is 5.63. The van der Waals surface area contributed by atoms with Gasteiger partial charge in [-0.2, -0.15) is 0 Å². The molecule has 0 aliphatic carbocycles. The number of aryl methyl sites for hydroxylation is 1. The number of imide groups is 1. The number of amides is 3. The molecule has 1 aliphatic rings. The summed E-state index contributed by atoms with van der Waals surface area (Å²) < 4.78 is 14.9. The smallest absolute Gasteiger partial charge is 0.303 e. The first-order valence-electron chi connectivity index (χ1n) is 9.96. The Balaban J connectivity index is 1.68. The lowest BCUT2D eigenvalue weighted by molar-refractivity contribution is -0.123. The Morgan fingerprint density at radius 1 is 1.03 bits per heavy atom. The van der Waals surface area contributed by atoms with Gasteiger partial charge >= 0.3 is 6.03 Å². The fourth-order valence-electron chi connectivity index (χ4n) is 3.52. The van der Waals surface area contributed by atoms with E-state index in [2.05, 4.69) is 10.4 Å². The largest absolute Gasteiger partial charge is 0.329 e. The van der Waals surface area contributed by atoms with Crippen molar-refractivity contribution in [2.75, 3.05) is 0 Å². The van der Waals surface area contributed by atoms with Gasteiger partial charge in [-0.15, -0.1) is 0 Å². The molecule has 1 aromatic heterocycles. The molecule has 31 heavy (non-hydrogen) atoms. The second kappa shape index (κ2) is 8.43. The summed E-state index contributed by atoms with van der Waals surface area (Å²) >= 11 is 0. The van der Waals surface area contributed by atoms with Crippen LogP contribution in [0.4, 0.5) is 9.18 Å². The van der Waals surface area contributed by atoms with Gasteiger partial charge in [0.15, 0.2) is 0 Å². The molecule has 0 bridgehead atoms. The third kappa shape index (κ3) is 4.05. The Kier molecular flexibility index (Phi) is 5.53. The van der Waals surface area contributed by atoms with Gasteiger partial charge in [0.05, 0.1) is 17.8 Å². The van der Waals surface area contributed by atoms with Crippen LogP contribution in [0, 0.1) is 5.82 Å². The maximum atomic E-state index is 13.4. The molecule has 4 rings (SSSR count). The fourth-order valence-corrected chi connectivity index (χ4v) is 3.52. The lowest BCUT2D eigenvalue weighted by Gasteiger charge is -2.11.